The zero-order valence-electron chi connectivity index (χ0n) is 17.9. The number of methoxy groups -OCH3 is 1. The number of ether oxygens (including phenoxy) is 1. The molecular weight excluding hydrogens is 481 g/mol. The van der Waals surface area contributed by atoms with Gasteiger partial charge in [0.2, 0.25) is 5.91 Å². The van der Waals surface area contributed by atoms with Crippen molar-refractivity contribution in [3.63, 3.8) is 0 Å². The normalized spacial score (nSPS) is 11.6. The molecule has 2 heterocycles. The molecule has 0 bridgehead atoms. The van der Waals surface area contributed by atoms with Crippen molar-refractivity contribution in [3.05, 3.63) is 93.0 Å². The zero-order valence-corrected chi connectivity index (χ0v) is 19.6. The Kier molecular flexibility index (Phi) is 7.14. The lowest BCUT2D eigenvalue weighted by Crippen LogP contribution is -2.07. The van der Waals surface area contributed by atoms with E-state index in [2.05, 4.69) is 10.3 Å². The van der Waals surface area contributed by atoms with Gasteiger partial charge in [-0.3, -0.25) is 10.1 Å². The second-order valence-electron chi connectivity index (χ2n) is 7.32. The summed E-state index contributed by atoms with van der Waals surface area (Å²) in [5, 5.41) is 7.05. The summed E-state index contributed by atoms with van der Waals surface area (Å²) in [6, 6.07) is 14.6. The maximum atomic E-state index is 12.7. The van der Waals surface area contributed by atoms with E-state index >= 15 is 0 Å². The monoisotopic (exact) mass is 500 g/mol. The van der Waals surface area contributed by atoms with Gasteiger partial charge in [-0.15, -0.1) is 22.7 Å². The molecule has 2 aromatic carbocycles. The predicted molar refractivity (Wildman–Crippen MR) is 130 cm³/mol. The number of carbonyl (C=O) groups is 1. The molecule has 34 heavy (non-hydrogen) atoms. The van der Waals surface area contributed by atoms with Gasteiger partial charge in [0.25, 0.3) is 0 Å². The number of nitrogens with one attached hydrogen (secondary N) is 1. The predicted octanol–water partition coefficient (Wildman–Crippen LogP) is 7.14. The number of halogens is 3. The Bertz CT molecular complexity index is 1290. The average molecular weight is 501 g/mol. The van der Waals surface area contributed by atoms with Crippen LogP contribution in [0.4, 0.5) is 18.3 Å². The summed E-state index contributed by atoms with van der Waals surface area (Å²) in [6.07, 6.45) is -0.687. The standard InChI is InChI=1S/C25H19F3N2O2S2/c1-32-20-8-4-18(5-9-20)22-15-34-24(29-22)30-23(31)11-10-21-13-17(14-33-21)12-16-2-6-19(7-3-16)25(26,27)28/h2-11,13-15H,12H2,1H3,(H,29,30,31). The molecule has 0 saturated carbocycles. The first-order valence-electron chi connectivity index (χ1n) is 10.1. The average Bonchev–Trinajstić information content (AvgIpc) is 3.47. The van der Waals surface area contributed by atoms with Crippen LogP contribution >= 0.6 is 22.7 Å². The molecule has 4 aromatic rings. The fraction of sp³-hybridized carbons (Fsp3) is 0.120. The SMILES string of the molecule is COc1ccc(-c2csc(NC(=O)C=Cc3cc(Cc4ccc(C(F)(F)F)cc4)cs3)n2)cc1. The van der Waals surface area contributed by atoms with E-state index in [0.717, 1.165) is 45.1 Å². The summed E-state index contributed by atoms with van der Waals surface area (Å²) in [5.41, 5.74) is 2.78. The van der Waals surface area contributed by atoms with E-state index in [1.807, 2.05) is 41.1 Å². The number of alkyl halides is 3. The minimum Gasteiger partial charge on any atom is -0.497 e. The van der Waals surface area contributed by atoms with Crippen LogP contribution in [-0.4, -0.2) is 18.0 Å². The zero-order chi connectivity index (χ0) is 24.1. The van der Waals surface area contributed by atoms with E-state index in [-0.39, 0.29) is 5.91 Å². The maximum absolute atomic E-state index is 12.7. The van der Waals surface area contributed by atoms with Gasteiger partial charge in [0, 0.05) is 21.9 Å². The molecule has 1 N–H and O–H groups in total. The number of thiazole rings is 1. The number of amides is 1. The van der Waals surface area contributed by atoms with Crippen LogP contribution in [-0.2, 0) is 17.4 Å². The van der Waals surface area contributed by atoms with Crippen LogP contribution in [0.5, 0.6) is 5.75 Å². The molecule has 0 spiro atoms. The molecule has 0 atom stereocenters. The van der Waals surface area contributed by atoms with Crippen molar-refractivity contribution < 1.29 is 22.7 Å². The van der Waals surface area contributed by atoms with Crippen molar-refractivity contribution in [1.82, 2.24) is 4.98 Å². The van der Waals surface area contributed by atoms with Crippen molar-refractivity contribution in [2.24, 2.45) is 0 Å². The topological polar surface area (TPSA) is 51.2 Å². The lowest BCUT2D eigenvalue weighted by Gasteiger charge is -2.07. The molecule has 2 aromatic heterocycles. The Morgan fingerprint density at radius 3 is 2.44 bits per heavy atom. The lowest BCUT2D eigenvalue weighted by molar-refractivity contribution is -0.137. The van der Waals surface area contributed by atoms with Gasteiger partial charge in [0.15, 0.2) is 5.13 Å². The van der Waals surface area contributed by atoms with Crippen molar-refractivity contribution in [2.75, 3.05) is 12.4 Å². The number of benzene rings is 2. The van der Waals surface area contributed by atoms with Gasteiger partial charge in [0.05, 0.1) is 18.4 Å². The molecule has 0 saturated heterocycles. The Balaban J connectivity index is 1.33. The van der Waals surface area contributed by atoms with E-state index in [1.165, 1.54) is 40.9 Å². The van der Waals surface area contributed by atoms with Crippen LogP contribution in [0.2, 0.25) is 0 Å². The first kappa shape index (κ1) is 23.7. The van der Waals surface area contributed by atoms with E-state index in [4.69, 9.17) is 4.74 Å². The Labute approximate surface area is 202 Å². The van der Waals surface area contributed by atoms with Gasteiger partial charge >= 0.3 is 6.18 Å². The highest BCUT2D eigenvalue weighted by molar-refractivity contribution is 7.14. The molecule has 0 fully saturated rings. The second-order valence-corrected chi connectivity index (χ2v) is 9.12. The number of aromatic nitrogens is 1. The molecule has 0 unspecified atom stereocenters. The number of hydrogen-bond donors (Lipinski definition) is 1. The summed E-state index contributed by atoms with van der Waals surface area (Å²) in [4.78, 5) is 17.6. The number of anilines is 1. The minimum atomic E-state index is -4.34. The fourth-order valence-corrected chi connectivity index (χ4v) is 4.68. The molecule has 0 radical (unpaired) electrons. The summed E-state index contributed by atoms with van der Waals surface area (Å²) in [7, 11) is 1.61. The Hall–Kier alpha value is -3.43. The fourth-order valence-electron chi connectivity index (χ4n) is 3.15. The van der Waals surface area contributed by atoms with Crippen molar-refractivity contribution in [1.29, 1.82) is 0 Å². The summed E-state index contributed by atoms with van der Waals surface area (Å²) in [5.74, 6) is 0.460. The van der Waals surface area contributed by atoms with Gasteiger partial charge in [-0.1, -0.05) is 12.1 Å². The highest BCUT2D eigenvalue weighted by Crippen LogP contribution is 2.30. The minimum absolute atomic E-state index is 0.298. The number of carbonyl (C=O) groups excluding carboxylic acids is 1. The molecule has 174 valence electrons. The third-order valence-corrected chi connectivity index (χ3v) is 6.59. The number of thiophene rings is 1. The highest BCUT2D eigenvalue weighted by Gasteiger charge is 2.29. The molecule has 0 aliphatic carbocycles. The summed E-state index contributed by atoms with van der Waals surface area (Å²) >= 11 is 2.79. The van der Waals surface area contributed by atoms with Crippen LogP contribution in [0.1, 0.15) is 21.6 Å². The van der Waals surface area contributed by atoms with Crippen LogP contribution in [0.25, 0.3) is 17.3 Å². The van der Waals surface area contributed by atoms with Gasteiger partial charge in [-0.2, -0.15) is 13.2 Å². The third-order valence-electron chi connectivity index (χ3n) is 4.88. The lowest BCUT2D eigenvalue weighted by atomic mass is 10.1. The molecule has 4 rings (SSSR count). The Morgan fingerprint density at radius 2 is 1.76 bits per heavy atom. The summed E-state index contributed by atoms with van der Waals surface area (Å²) in [6.45, 7) is 0. The smallest absolute Gasteiger partial charge is 0.416 e. The van der Waals surface area contributed by atoms with Gasteiger partial charge in [-0.05, 0) is 71.5 Å². The van der Waals surface area contributed by atoms with Crippen molar-refractivity contribution >= 4 is 39.8 Å². The van der Waals surface area contributed by atoms with Crippen LogP contribution < -0.4 is 10.1 Å². The van der Waals surface area contributed by atoms with E-state index < -0.39 is 11.7 Å². The van der Waals surface area contributed by atoms with Crippen molar-refractivity contribution in [2.45, 2.75) is 12.6 Å². The highest BCUT2D eigenvalue weighted by atomic mass is 32.1. The van der Waals surface area contributed by atoms with E-state index in [9.17, 15) is 18.0 Å². The third kappa shape index (κ3) is 6.12. The molecule has 1 amide bonds. The van der Waals surface area contributed by atoms with Crippen molar-refractivity contribution in [3.8, 4) is 17.0 Å². The largest absolute Gasteiger partial charge is 0.497 e. The van der Waals surface area contributed by atoms with Crippen LogP contribution in [0.3, 0.4) is 0 Å². The maximum Gasteiger partial charge on any atom is 0.416 e. The van der Waals surface area contributed by atoms with E-state index in [1.54, 1.807) is 13.2 Å². The number of rotatable bonds is 7. The number of nitrogens with zero attached hydrogens (tertiary/aromatic N) is 1. The molecular formula is C25H19F3N2O2S2. The first-order valence-corrected chi connectivity index (χ1v) is 11.9. The summed E-state index contributed by atoms with van der Waals surface area (Å²) < 4.78 is 43.2. The van der Waals surface area contributed by atoms with Gasteiger partial charge in [0.1, 0.15) is 5.75 Å². The van der Waals surface area contributed by atoms with Crippen LogP contribution in [0, 0.1) is 0 Å². The van der Waals surface area contributed by atoms with Gasteiger partial charge in [-0.25, -0.2) is 4.98 Å². The van der Waals surface area contributed by atoms with E-state index in [0.29, 0.717) is 11.6 Å². The Morgan fingerprint density at radius 1 is 1.03 bits per heavy atom. The first-order chi connectivity index (χ1) is 16.3. The molecule has 4 nitrogen and oxygen atoms in total. The molecule has 0 aliphatic heterocycles. The quantitative estimate of drug-likeness (QED) is 0.274. The second kappa shape index (κ2) is 10.2. The number of hydrogen-bond acceptors (Lipinski definition) is 5. The molecule has 0 aliphatic rings. The molecule has 9 heteroatoms. The van der Waals surface area contributed by atoms with Crippen LogP contribution in [0.15, 0.2) is 71.4 Å². The van der Waals surface area contributed by atoms with Gasteiger partial charge < -0.3 is 4.74 Å².